The molecule has 13 heavy (non-hydrogen) atoms. The lowest BCUT2D eigenvalue weighted by atomic mass is 9.99. The molecule has 0 heterocycles. The second-order valence-electron chi connectivity index (χ2n) is 3.01. The van der Waals surface area contributed by atoms with Crippen LogP contribution >= 0.6 is 0 Å². The molecule has 0 amide bonds. The Morgan fingerprint density at radius 1 is 1.38 bits per heavy atom. The van der Waals surface area contributed by atoms with E-state index >= 15 is 0 Å². The maximum Gasteiger partial charge on any atom is 0.421 e. The summed E-state index contributed by atoms with van der Waals surface area (Å²) in [5.41, 5.74) is 0. The van der Waals surface area contributed by atoms with Crippen molar-refractivity contribution in [2.24, 2.45) is 5.92 Å². The van der Waals surface area contributed by atoms with E-state index in [1.807, 2.05) is 0 Å². The van der Waals surface area contributed by atoms with Gasteiger partial charge in [0.2, 0.25) is 12.1 Å². The molecule has 0 aliphatic rings. The summed E-state index contributed by atoms with van der Waals surface area (Å²) in [4.78, 5) is 9.07. The maximum atomic E-state index is 11.9. The molecule has 0 aromatic carbocycles. The van der Waals surface area contributed by atoms with Crippen molar-refractivity contribution in [1.29, 1.82) is 0 Å². The molecule has 0 aromatic heterocycles. The van der Waals surface area contributed by atoms with Crippen LogP contribution in [0.5, 0.6) is 0 Å². The van der Waals surface area contributed by atoms with Crippen LogP contribution in [-0.4, -0.2) is 28.4 Å². The zero-order valence-electron chi connectivity index (χ0n) is 7.08. The van der Waals surface area contributed by atoms with Gasteiger partial charge in [0.1, 0.15) is 0 Å². The average Bonchev–Trinajstić information content (AvgIpc) is 1.82. The minimum atomic E-state index is -4.94. The minimum absolute atomic E-state index is 0.869. The van der Waals surface area contributed by atoms with E-state index in [1.165, 1.54) is 13.8 Å². The first-order valence-electron chi connectivity index (χ1n) is 3.56. The zero-order valence-corrected chi connectivity index (χ0v) is 7.08. The number of alkyl halides is 3. The fraction of sp³-hybridized carbons (Fsp3) is 1.00. The number of rotatable bonds is 3. The molecule has 4 nitrogen and oxygen atoms in total. The van der Waals surface area contributed by atoms with Gasteiger partial charge in [-0.15, -0.1) is 0 Å². The lowest BCUT2D eigenvalue weighted by Gasteiger charge is -2.20. The predicted octanol–water partition coefficient (Wildman–Crippen LogP) is 1.21. The van der Waals surface area contributed by atoms with E-state index in [2.05, 4.69) is 0 Å². The van der Waals surface area contributed by atoms with E-state index in [1.54, 1.807) is 0 Å². The molecule has 0 saturated heterocycles. The summed E-state index contributed by atoms with van der Waals surface area (Å²) in [6.07, 6.45) is -7.84. The average molecular weight is 201 g/mol. The number of nitrogens with zero attached hydrogens (tertiary/aromatic N) is 1. The topological polar surface area (TPSA) is 63.4 Å². The van der Waals surface area contributed by atoms with E-state index < -0.39 is 29.2 Å². The molecule has 0 rings (SSSR count). The van der Waals surface area contributed by atoms with Crippen LogP contribution in [0.3, 0.4) is 0 Å². The van der Waals surface area contributed by atoms with E-state index in [0.717, 1.165) is 0 Å². The fourth-order valence-electron chi connectivity index (χ4n) is 0.917. The van der Waals surface area contributed by atoms with Crippen molar-refractivity contribution < 1.29 is 23.2 Å². The summed E-state index contributed by atoms with van der Waals surface area (Å²) in [6.45, 7) is 2.50. The third kappa shape index (κ3) is 3.17. The van der Waals surface area contributed by atoms with Crippen LogP contribution in [0.2, 0.25) is 0 Å². The maximum absolute atomic E-state index is 11.9. The molecule has 0 bridgehead atoms. The first kappa shape index (κ1) is 12.2. The van der Waals surface area contributed by atoms with Crippen LogP contribution in [0.25, 0.3) is 0 Å². The Morgan fingerprint density at radius 2 is 1.77 bits per heavy atom. The second kappa shape index (κ2) is 3.91. The normalized spacial score (nSPS) is 17.2. The van der Waals surface area contributed by atoms with Gasteiger partial charge in [-0.05, 0) is 0 Å². The van der Waals surface area contributed by atoms with Gasteiger partial charge >= 0.3 is 6.18 Å². The van der Waals surface area contributed by atoms with E-state index in [0.29, 0.717) is 0 Å². The monoisotopic (exact) mass is 201 g/mol. The van der Waals surface area contributed by atoms with Gasteiger partial charge in [-0.25, -0.2) is 0 Å². The highest BCUT2D eigenvalue weighted by molar-refractivity contribution is 4.77. The molecular formula is C6H10F3NO3. The van der Waals surface area contributed by atoms with Crippen molar-refractivity contribution in [3.05, 3.63) is 10.1 Å². The van der Waals surface area contributed by atoms with Gasteiger partial charge < -0.3 is 5.11 Å². The summed E-state index contributed by atoms with van der Waals surface area (Å²) < 4.78 is 35.6. The number of hydrogen-bond acceptors (Lipinski definition) is 3. The van der Waals surface area contributed by atoms with E-state index in [4.69, 9.17) is 5.11 Å². The molecule has 0 aromatic rings. The van der Waals surface area contributed by atoms with Crippen LogP contribution < -0.4 is 0 Å². The largest absolute Gasteiger partial charge is 0.421 e. The molecule has 0 aliphatic carbocycles. The lowest BCUT2D eigenvalue weighted by Crippen LogP contribution is -2.46. The van der Waals surface area contributed by atoms with Crippen LogP contribution in [0.15, 0.2) is 0 Å². The molecule has 7 heteroatoms. The molecule has 0 fully saturated rings. The van der Waals surface area contributed by atoms with Gasteiger partial charge in [0.25, 0.3) is 0 Å². The van der Waals surface area contributed by atoms with E-state index in [9.17, 15) is 23.3 Å². The number of hydrogen-bond donors (Lipinski definition) is 1. The number of aliphatic hydroxyl groups excluding tert-OH is 1. The highest BCUT2D eigenvalue weighted by Crippen LogP contribution is 2.26. The van der Waals surface area contributed by atoms with Crippen LogP contribution in [0.4, 0.5) is 13.2 Å². The molecule has 0 spiro atoms. The van der Waals surface area contributed by atoms with Crippen molar-refractivity contribution in [1.82, 2.24) is 0 Å². The molecule has 0 aliphatic heterocycles. The Kier molecular flexibility index (Phi) is 3.65. The molecular weight excluding hydrogens is 191 g/mol. The summed E-state index contributed by atoms with van der Waals surface area (Å²) in [7, 11) is 0. The molecule has 2 atom stereocenters. The molecule has 0 saturated carbocycles. The third-order valence-electron chi connectivity index (χ3n) is 1.59. The zero-order chi connectivity index (χ0) is 10.8. The van der Waals surface area contributed by atoms with Crippen molar-refractivity contribution in [2.45, 2.75) is 32.2 Å². The van der Waals surface area contributed by atoms with Gasteiger partial charge in [-0.2, -0.15) is 13.2 Å². The van der Waals surface area contributed by atoms with Gasteiger partial charge in [0.05, 0.1) is 0 Å². The molecule has 78 valence electrons. The van der Waals surface area contributed by atoms with Crippen LogP contribution in [0.1, 0.15) is 13.8 Å². The fourth-order valence-corrected chi connectivity index (χ4v) is 0.917. The van der Waals surface area contributed by atoms with Crippen LogP contribution in [-0.2, 0) is 0 Å². The van der Waals surface area contributed by atoms with E-state index in [-0.39, 0.29) is 0 Å². The second-order valence-corrected chi connectivity index (χ2v) is 3.01. The Hall–Kier alpha value is -0.850. The Bertz CT molecular complexity index is 192. The van der Waals surface area contributed by atoms with Gasteiger partial charge in [-0.1, -0.05) is 13.8 Å². The van der Waals surface area contributed by atoms with Gasteiger partial charge in [-0.3, -0.25) is 10.1 Å². The van der Waals surface area contributed by atoms with Crippen molar-refractivity contribution >= 4 is 0 Å². The quantitative estimate of drug-likeness (QED) is 0.551. The Morgan fingerprint density at radius 3 is 1.85 bits per heavy atom. The third-order valence-corrected chi connectivity index (χ3v) is 1.59. The smallest absolute Gasteiger partial charge is 0.378 e. The van der Waals surface area contributed by atoms with Crippen molar-refractivity contribution in [3.8, 4) is 0 Å². The van der Waals surface area contributed by atoms with Crippen molar-refractivity contribution in [2.75, 3.05) is 0 Å². The summed E-state index contributed by atoms with van der Waals surface area (Å²) in [5.74, 6) is -0.869. The SMILES string of the molecule is CC(C)[C@@H](C(O)C(F)(F)F)[N+](=O)[O-]. The summed E-state index contributed by atoms with van der Waals surface area (Å²) in [5, 5.41) is 18.8. The Balaban J connectivity index is 4.67. The predicted molar refractivity (Wildman–Crippen MR) is 37.7 cm³/mol. The highest BCUT2D eigenvalue weighted by Gasteiger charge is 2.50. The van der Waals surface area contributed by atoms with Crippen molar-refractivity contribution in [3.63, 3.8) is 0 Å². The molecule has 0 radical (unpaired) electrons. The first-order chi connectivity index (χ1) is 5.68. The number of nitro groups is 1. The van der Waals surface area contributed by atoms with Gasteiger partial charge in [0, 0.05) is 10.8 Å². The molecule has 1 N–H and O–H groups in total. The lowest BCUT2D eigenvalue weighted by molar-refractivity contribution is -0.552. The first-order valence-corrected chi connectivity index (χ1v) is 3.56. The van der Waals surface area contributed by atoms with Gasteiger partial charge in [0.15, 0.2) is 0 Å². The number of halogens is 3. The summed E-state index contributed by atoms with van der Waals surface area (Å²) in [6, 6.07) is -2.00. The Labute approximate surface area is 72.5 Å². The van der Waals surface area contributed by atoms with Crippen LogP contribution in [0, 0.1) is 16.0 Å². The standard InChI is InChI=1S/C6H10F3NO3/c1-3(2)4(10(12)13)5(11)6(7,8)9/h3-5,11H,1-2H3/t4-,5?/m0/s1. The molecule has 1 unspecified atom stereocenters. The number of aliphatic hydroxyl groups is 1. The highest BCUT2D eigenvalue weighted by atomic mass is 19.4. The summed E-state index contributed by atoms with van der Waals surface area (Å²) >= 11 is 0. The minimum Gasteiger partial charge on any atom is -0.378 e.